The van der Waals surface area contributed by atoms with Gasteiger partial charge in [-0.05, 0) is 41.2 Å². The van der Waals surface area contributed by atoms with Gasteiger partial charge in [-0.1, -0.05) is 44.2 Å². The molecule has 2 aromatic carbocycles. The first-order chi connectivity index (χ1) is 9.54. The van der Waals surface area contributed by atoms with Crippen molar-refractivity contribution in [2.24, 2.45) is 0 Å². The van der Waals surface area contributed by atoms with Gasteiger partial charge in [-0.15, -0.1) is 0 Å². The molecule has 0 bridgehead atoms. The van der Waals surface area contributed by atoms with Gasteiger partial charge >= 0.3 is 0 Å². The third-order valence-corrected chi connectivity index (χ3v) is 3.73. The third kappa shape index (κ3) is 2.79. The molecule has 0 fully saturated rings. The molecule has 106 valence electrons. The molecule has 0 atom stereocenters. The zero-order valence-electron chi connectivity index (χ0n) is 12.6. The molecule has 20 heavy (non-hydrogen) atoms. The summed E-state index contributed by atoms with van der Waals surface area (Å²) in [5.74, 6) is 1.74. The smallest absolute Gasteiger partial charge is 0.125 e. The molecule has 2 aromatic rings. The highest BCUT2D eigenvalue weighted by Gasteiger charge is 2.14. The molecule has 0 heterocycles. The summed E-state index contributed by atoms with van der Waals surface area (Å²) in [6, 6.07) is 11.7. The van der Waals surface area contributed by atoms with Crippen LogP contribution in [0.25, 0.3) is 0 Å². The van der Waals surface area contributed by atoms with Crippen molar-refractivity contribution in [2.75, 3.05) is 7.11 Å². The van der Waals surface area contributed by atoms with Gasteiger partial charge in [-0.2, -0.15) is 0 Å². The number of methoxy groups -OCH3 is 1. The van der Waals surface area contributed by atoms with Gasteiger partial charge in [0.1, 0.15) is 11.5 Å². The standard InChI is InChI=1S/C18H22O2/c1-12(2)16-10-9-15(18(20-4)13(16)3)11-14-7-5-6-8-17(14)19/h5-10,12,19H,11H2,1-4H3. The van der Waals surface area contributed by atoms with E-state index in [1.54, 1.807) is 13.2 Å². The lowest BCUT2D eigenvalue weighted by molar-refractivity contribution is 0.406. The lowest BCUT2D eigenvalue weighted by atomic mass is 9.93. The largest absolute Gasteiger partial charge is 0.508 e. The van der Waals surface area contributed by atoms with Gasteiger partial charge in [-0.25, -0.2) is 0 Å². The Kier molecular flexibility index (Phi) is 4.33. The highest BCUT2D eigenvalue weighted by Crippen LogP contribution is 2.33. The summed E-state index contributed by atoms with van der Waals surface area (Å²) < 4.78 is 5.60. The molecule has 2 nitrogen and oxygen atoms in total. The molecule has 0 spiro atoms. The van der Waals surface area contributed by atoms with Crippen LogP contribution in [0.4, 0.5) is 0 Å². The Morgan fingerprint density at radius 1 is 1.05 bits per heavy atom. The van der Waals surface area contributed by atoms with Gasteiger partial charge in [0.15, 0.2) is 0 Å². The summed E-state index contributed by atoms with van der Waals surface area (Å²) in [7, 11) is 1.71. The molecule has 0 saturated heterocycles. The van der Waals surface area contributed by atoms with Gasteiger partial charge in [-0.3, -0.25) is 0 Å². The Bertz CT molecular complexity index is 600. The van der Waals surface area contributed by atoms with Crippen LogP contribution in [0.1, 0.15) is 42.0 Å². The minimum atomic E-state index is 0.333. The van der Waals surface area contributed by atoms with Crippen LogP contribution in [0, 0.1) is 6.92 Å². The van der Waals surface area contributed by atoms with Crippen LogP contribution in [0.15, 0.2) is 36.4 Å². The van der Waals surface area contributed by atoms with E-state index in [-0.39, 0.29) is 0 Å². The minimum absolute atomic E-state index is 0.333. The first kappa shape index (κ1) is 14.4. The van der Waals surface area contributed by atoms with Crippen molar-refractivity contribution in [3.05, 3.63) is 58.7 Å². The van der Waals surface area contributed by atoms with E-state index in [9.17, 15) is 5.11 Å². The second kappa shape index (κ2) is 6.00. The number of phenolic OH excluding ortho intramolecular Hbond substituents is 1. The van der Waals surface area contributed by atoms with Gasteiger partial charge in [0.05, 0.1) is 7.11 Å². The summed E-state index contributed by atoms with van der Waals surface area (Å²) in [5.41, 5.74) is 4.52. The van der Waals surface area contributed by atoms with Gasteiger partial charge in [0.25, 0.3) is 0 Å². The number of aromatic hydroxyl groups is 1. The molecule has 0 unspecified atom stereocenters. The minimum Gasteiger partial charge on any atom is -0.508 e. The first-order valence-electron chi connectivity index (χ1n) is 6.97. The van der Waals surface area contributed by atoms with Crippen LogP contribution in [0.5, 0.6) is 11.5 Å². The van der Waals surface area contributed by atoms with Crippen LogP contribution >= 0.6 is 0 Å². The zero-order valence-corrected chi connectivity index (χ0v) is 12.6. The normalized spacial score (nSPS) is 10.8. The SMILES string of the molecule is COc1c(Cc2ccccc2O)ccc(C(C)C)c1C. The number of para-hydroxylation sites is 1. The Morgan fingerprint density at radius 2 is 1.75 bits per heavy atom. The van der Waals surface area contributed by atoms with Crippen molar-refractivity contribution in [1.82, 2.24) is 0 Å². The average molecular weight is 270 g/mol. The molecule has 0 saturated carbocycles. The molecule has 0 radical (unpaired) electrons. The monoisotopic (exact) mass is 270 g/mol. The predicted octanol–water partition coefficient (Wildman–Crippen LogP) is 4.42. The second-order valence-electron chi connectivity index (χ2n) is 5.43. The van der Waals surface area contributed by atoms with E-state index >= 15 is 0 Å². The number of rotatable bonds is 4. The zero-order chi connectivity index (χ0) is 14.7. The van der Waals surface area contributed by atoms with Crippen molar-refractivity contribution < 1.29 is 9.84 Å². The van der Waals surface area contributed by atoms with Crippen molar-refractivity contribution in [3.8, 4) is 11.5 Å². The Hall–Kier alpha value is -1.96. The van der Waals surface area contributed by atoms with E-state index < -0.39 is 0 Å². The second-order valence-corrected chi connectivity index (χ2v) is 5.43. The molecule has 0 aliphatic carbocycles. The van der Waals surface area contributed by atoms with Gasteiger partial charge < -0.3 is 9.84 Å². The number of hydrogen-bond acceptors (Lipinski definition) is 2. The molecular weight excluding hydrogens is 248 g/mol. The van der Waals surface area contributed by atoms with Crippen molar-refractivity contribution in [1.29, 1.82) is 0 Å². The fraction of sp³-hybridized carbons (Fsp3) is 0.333. The van der Waals surface area contributed by atoms with E-state index in [0.29, 0.717) is 18.1 Å². The van der Waals surface area contributed by atoms with E-state index in [1.165, 1.54) is 11.1 Å². The summed E-state index contributed by atoms with van der Waals surface area (Å²) >= 11 is 0. The van der Waals surface area contributed by atoms with Crippen LogP contribution in [0.2, 0.25) is 0 Å². The summed E-state index contributed by atoms with van der Waals surface area (Å²) in [5, 5.41) is 9.91. The highest BCUT2D eigenvalue weighted by molar-refractivity contribution is 5.49. The van der Waals surface area contributed by atoms with Crippen molar-refractivity contribution >= 4 is 0 Å². The quantitative estimate of drug-likeness (QED) is 0.891. The lowest BCUT2D eigenvalue weighted by Gasteiger charge is -2.17. The van der Waals surface area contributed by atoms with Crippen molar-refractivity contribution in [3.63, 3.8) is 0 Å². The summed E-state index contributed by atoms with van der Waals surface area (Å²) in [6.07, 6.45) is 0.676. The van der Waals surface area contributed by atoms with Crippen LogP contribution in [0.3, 0.4) is 0 Å². The van der Waals surface area contributed by atoms with E-state index in [4.69, 9.17) is 4.74 Å². The van der Waals surface area contributed by atoms with E-state index in [1.807, 2.05) is 18.2 Å². The average Bonchev–Trinajstić information content (AvgIpc) is 2.41. The molecular formula is C18H22O2. The van der Waals surface area contributed by atoms with Gasteiger partial charge in [0.2, 0.25) is 0 Å². The van der Waals surface area contributed by atoms with Crippen LogP contribution in [-0.2, 0) is 6.42 Å². The number of benzene rings is 2. The Morgan fingerprint density at radius 3 is 2.35 bits per heavy atom. The van der Waals surface area contributed by atoms with Crippen LogP contribution in [-0.4, -0.2) is 12.2 Å². The maximum Gasteiger partial charge on any atom is 0.125 e. The molecule has 2 rings (SSSR count). The molecule has 0 aromatic heterocycles. The Balaban J connectivity index is 2.43. The van der Waals surface area contributed by atoms with Gasteiger partial charge in [0, 0.05) is 6.42 Å². The number of hydrogen-bond donors (Lipinski definition) is 1. The number of ether oxygens (including phenoxy) is 1. The molecule has 1 N–H and O–H groups in total. The lowest BCUT2D eigenvalue weighted by Crippen LogP contribution is -2.01. The van der Waals surface area contributed by atoms with Crippen LogP contribution < -0.4 is 4.74 Å². The third-order valence-electron chi connectivity index (χ3n) is 3.73. The fourth-order valence-electron chi connectivity index (χ4n) is 2.68. The number of phenols is 1. The van der Waals surface area contributed by atoms with Crippen molar-refractivity contribution in [2.45, 2.75) is 33.1 Å². The fourth-order valence-corrected chi connectivity index (χ4v) is 2.68. The molecule has 0 amide bonds. The Labute approximate surface area is 121 Å². The summed E-state index contributed by atoms with van der Waals surface area (Å²) in [6.45, 7) is 6.47. The maximum absolute atomic E-state index is 9.91. The predicted molar refractivity (Wildman–Crippen MR) is 82.7 cm³/mol. The maximum atomic E-state index is 9.91. The van der Waals surface area contributed by atoms with E-state index in [2.05, 4.69) is 32.9 Å². The van der Waals surface area contributed by atoms with E-state index in [0.717, 1.165) is 16.9 Å². The molecule has 0 aliphatic rings. The first-order valence-corrected chi connectivity index (χ1v) is 6.97. The summed E-state index contributed by atoms with van der Waals surface area (Å²) in [4.78, 5) is 0. The topological polar surface area (TPSA) is 29.5 Å². The highest BCUT2D eigenvalue weighted by atomic mass is 16.5. The molecule has 2 heteroatoms. The molecule has 0 aliphatic heterocycles.